The molecule has 0 fully saturated rings. The number of allylic oxidation sites excluding steroid dienone is 3. The smallest absolute Gasteiger partial charge is 0.0311 e. The molecule has 2 aliphatic carbocycles. The molecule has 0 aliphatic heterocycles. The van der Waals surface area contributed by atoms with E-state index < -0.39 is 0 Å². The molecule has 0 N–H and O–H groups in total. The van der Waals surface area contributed by atoms with Crippen LogP contribution in [0.2, 0.25) is 0 Å². The van der Waals surface area contributed by atoms with Crippen LogP contribution in [0.25, 0.3) is 33.9 Å². The lowest BCUT2D eigenvalue weighted by molar-refractivity contribution is 0.780. The SMILES string of the molecule is CC1=Cc2c(-c3ccccc3)cccc2C1C1=C(C(C)C)[CH]c2cccc(-c3ccccc3)c21. The van der Waals surface area contributed by atoms with Gasteiger partial charge in [-0.2, -0.15) is 0 Å². The summed E-state index contributed by atoms with van der Waals surface area (Å²) in [5.41, 5.74) is 15.2. The fraction of sp³-hybridized carbons (Fsp3) is 0.147. The summed E-state index contributed by atoms with van der Waals surface area (Å²) >= 11 is 0. The van der Waals surface area contributed by atoms with Gasteiger partial charge in [-0.05, 0) is 62.9 Å². The van der Waals surface area contributed by atoms with Crippen LogP contribution in [-0.2, 0) is 0 Å². The van der Waals surface area contributed by atoms with Crippen LogP contribution in [-0.4, -0.2) is 0 Å². The fourth-order valence-corrected chi connectivity index (χ4v) is 5.83. The minimum absolute atomic E-state index is 0.276. The molecule has 1 atom stereocenters. The van der Waals surface area contributed by atoms with E-state index in [2.05, 4.69) is 130 Å². The van der Waals surface area contributed by atoms with Gasteiger partial charge in [-0.1, -0.05) is 128 Å². The monoisotopic (exact) mass is 437 g/mol. The molecule has 165 valence electrons. The molecule has 0 heteroatoms. The van der Waals surface area contributed by atoms with Gasteiger partial charge in [0, 0.05) is 12.3 Å². The normalized spacial score (nSPS) is 16.6. The van der Waals surface area contributed by atoms with Gasteiger partial charge in [0.15, 0.2) is 0 Å². The number of benzene rings is 4. The summed E-state index contributed by atoms with van der Waals surface area (Å²) < 4.78 is 0. The van der Waals surface area contributed by atoms with Crippen LogP contribution in [0.15, 0.2) is 108 Å². The molecule has 0 amide bonds. The topological polar surface area (TPSA) is 0 Å². The highest BCUT2D eigenvalue weighted by Gasteiger charge is 2.36. The minimum Gasteiger partial charge on any atom is -0.0622 e. The number of fused-ring (bicyclic) bond motifs is 2. The van der Waals surface area contributed by atoms with E-state index in [1.54, 1.807) is 0 Å². The van der Waals surface area contributed by atoms with Crippen LogP contribution in [0.5, 0.6) is 0 Å². The minimum atomic E-state index is 0.276. The summed E-state index contributed by atoms with van der Waals surface area (Å²) in [7, 11) is 0. The zero-order valence-electron chi connectivity index (χ0n) is 20.0. The molecule has 4 aromatic rings. The van der Waals surface area contributed by atoms with E-state index in [9.17, 15) is 0 Å². The summed E-state index contributed by atoms with van der Waals surface area (Å²) in [5.74, 6) is 0.735. The summed E-state index contributed by atoms with van der Waals surface area (Å²) in [6.07, 6.45) is 4.87. The van der Waals surface area contributed by atoms with E-state index in [1.807, 2.05) is 0 Å². The Labute approximate surface area is 203 Å². The first-order chi connectivity index (χ1) is 16.6. The van der Waals surface area contributed by atoms with Crippen LogP contribution >= 0.6 is 0 Å². The van der Waals surface area contributed by atoms with Crippen LogP contribution < -0.4 is 0 Å². The Morgan fingerprint density at radius 1 is 0.647 bits per heavy atom. The molecule has 0 spiro atoms. The average molecular weight is 438 g/mol. The molecule has 1 radical (unpaired) electrons. The predicted molar refractivity (Wildman–Crippen MR) is 145 cm³/mol. The fourth-order valence-electron chi connectivity index (χ4n) is 5.83. The van der Waals surface area contributed by atoms with Crippen molar-refractivity contribution in [2.75, 3.05) is 0 Å². The van der Waals surface area contributed by atoms with Gasteiger partial charge in [-0.3, -0.25) is 0 Å². The summed E-state index contributed by atoms with van der Waals surface area (Å²) in [6, 6.07) is 35.3. The Bertz CT molecular complexity index is 1430. The van der Waals surface area contributed by atoms with Gasteiger partial charge in [0.1, 0.15) is 0 Å². The van der Waals surface area contributed by atoms with Crippen LogP contribution in [0.4, 0.5) is 0 Å². The molecule has 0 saturated heterocycles. The maximum absolute atomic E-state index is 2.44. The van der Waals surface area contributed by atoms with E-state index in [0.717, 1.165) is 0 Å². The standard InChI is InChI=1S/C34H29/c1-22(2)30-21-26-16-10-18-28(25-14-8-5-9-15-25)33(26)34(30)32-23(3)20-31-27(17-11-19-29(31)32)24-12-6-4-7-13-24/h4-22,32H,1-3H3. The predicted octanol–water partition coefficient (Wildman–Crippen LogP) is 9.20. The largest absolute Gasteiger partial charge is 0.0622 e. The van der Waals surface area contributed by atoms with E-state index in [0.29, 0.717) is 5.92 Å². The van der Waals surface area contributed by atoms with E-state index in [4.69, 9.17) is 0 Å². The van der Waals surface area contributed by atoms with Crippen molar-refractivity contribution in [1.29, 1.82) is 0 Å². The second-order valence-corrected chi connectivity index (χ2v) is 9.80. The zero-order valence-corrected chi connectivity index (χ0v) is 20.0. The molecule has 0 aromatic heterocycles. The average Bonchev–Trinajstić information content (AvgIpc) is 3.41. The van der Waals surface area contributed by atoms with Gasteiger partial charge >= 0.3 is 0 Å². The lowest BCUT2D eigenvalue weighted by Gasteiger charge is -2.23. The van der Waals surface area contributed by atoms with Gasteiger partial charge in [0.25, 0.3) is 0 Å². The number of hydrogen-bond acceptors (Lipinski definition) is 0. The zero-order chi connectivity index (χ0) is 23.2. The summed E-state index contributed by atoms with van der Waals surface area (Å²) in [6.45, 7) is 6.97. The van der Waals surface area contributed by atoms with Gasteiger partial charge in [0.2, 0.25) is 0 Å². The second-order valence-electron chi connectivity index (χ2n) is 9.80. The maximum atomic E-state index is 2.44. The Balaban J connectivity index is 1.58. The Morgan fingerprint density at radius 3 is 1.94 bits per heavy atom. The molecule has 0 heterocycles. The third-order valence-electron chi connectivity index (χ3n) is 7.35. The third-order valence-corrected chi connectivity index (χ3v) is 7.35. The van der Waals surface area contributed by atoms with Crippen molar-refractivity contribution < 1.29 is 0 Å². The first-order valence-corrected chi connectivity index (χ1v) is 12.3. The van der Waals surface area contributed by atoms with Crippen molar-refractivity contribution in [1.82, 2.24) is 0 Å². The second kappa shape index (κ2) is 8.29. The Kier molecular flexibility index (Phi) is 5.11. The molecule has 0 nitrogen and oxygen atoms in total. The highest BCUT2D eigenvalue weighted by Crippen LogP contribution is 2.54. The first-order valence-electron chi connectivity index (χ1n) is 12.3. The van der Waals surface area contributed by atoms with E-state index >= 15 is 0 Å². The molecule has 6 rings (SSSR count). The van der Waals surface area contributed by atoms with E-state index in [1.165, 1.54) is 61.2 Å². The Morgan fingerprint density at radius 2 is 1.26 bits per heavy atom. The number of rotatable bonds is 4. The lowest BCUT2D eigenvalue weighted by atomic mass is 9.80. The van der Waals surface area contributed by atoms with E-state index in [-0.39, 0.29) is 5.92 Å². The molecule has 0 bridgehead atoms. The third kappa shape index (κ3) is 3.29. The van der Waals surface area contributed by atoms with Crippen LogP contribution in [0, 0.1) is 12.3 Å². The quantitative estimate of drug-likeness (QED) is 0.298. The van der Waals surface area contributed by atoms with Gasteiger partial charge in [-0.15, -0.1) is 0 Å². The van der Waals surface area contributed by atoms with Gasteiger partial charge in [0.05, 0.1) is 0 Å². The molecule has 4 aromatic carbocycles. The molecule has 1 unspecified atom stereocenters. The maximum Gasteiger partial charge on any atom is 0.0311 e. The molecule has 34 heavy (non-hydrogen) atoms. The highest BCUT2D eigenvalue weighted by atomic mass is 14.4. The summed E-state index contributed by atoms with van der Waals surface area (Å²) in [4.78, 5) is 0. The van der Waals surface area contributed by atoms with Crippen molar-refractivity contribution in [2.24, 2.45) is 5.92 Å². The Hall–Kier alpha value is -3.64. The van der Waals surface area contributed by atoms with Crippen LogP contribution in [0.1, 0.15) is 48.9 Å². The van der Waals surface area contributed by atoms with Crippen molar-refractivity contribution >= 4 is 11.6 Å². The van der Waals surface area contributed by atoms with Crippen LogP contribution in [0.3, 0.4) is 0 Å². The molecule has 2 aliphatic rings. The number of hydrogen-bond donors (Lipinski definition) is 0. The van der Waals surface area contributed by atoms with Crippen molar-refractivity contribution in [3.05, 3.63) is 137 Å². The molecule has 0 saturated carbocycles. The van der Waals surface area contributed by atoms with Crippen molar-refractivity contribution in [3.63, 3.8) is 0 Å². The lowest BCUT2D eigenvalue weighted by Crippen LogP contribution is -2.05. The van der Waals surface area contributed by atoms with Crippen molar-refractivity contribution in [3.8, 4) is 22.3 Å². The van der Waals surface area contributed by atoms with Crippen molar-refractivity contribution in [2.45, 2.75) is 26.7 Å². The molecular formula is C34H29. The first kappa shape index (κ1) is 20.9. The highest BCUT2D eigenvalue weighted by molar-refractivity contribution is 5.97. The van der Waals surface area contributed by atoms with Gasteiger partial charge < -0.3 is 0 Å². The summed E-state index contributed by atoms with van der Waals surface area (Å²) in [5, 5.41) is 0. The molecular weight excluding hydrogens is 408 g/mol. The van der Waals surface area contributed by atoms with Gasteiger partial charge in [-0.25, -0.2) is 0 Å².